The molecule has 0 fully saturated rings. The third kappa shape index (κ3) is 7.69. The summed E-state index contributed by atoms with van der Waals surface area (Å²) in [4.78, 5) is 10.2. The molecule has 0 aliphatic rings. The number of hydrogen-bond donors (Lipinski definition) is 2. The number of hydrazone groups is 1. The van der Waals surface area contributed by atoms with Crippen LogP contribution in [-0.2, 0) is 6.54 Å². The summed E-state index contributed by atoms with van der Waals surface area (Å²) >= 11 is 5.22. The SMILES string of the molecule is O=[N+]([O-])c1ccc(OCCOc2cccc(/C=N/NC(=S)NCc3ccccc3)c2)cc1. The van der Waals surface area contributed by atoms with Gasteiger partial charge in [0.2, 0.25) is 0 Å². The van der Waals surface area contributed by atoms with Crippen LogP contribution in [0.5, 0.6) is 11.5 Å². The largest absolute Gasteiger partial charge is 0.490 e. The van der Waals surface area contributed by atoms with Gasteiger partial charge in [0.15, 0.2) is 5.11 Å². The maximum atomic E-state index is 10.7. The molecule has 2 N–H and O–H groups in total. The minimum absolute atomic E-state index is 0.0225. The lowest BCUT2D eigenvalue weighted by Gasteiger charge is -2.09. The van der Waals surface area contributed by atoms with E-state index in [9.17, 15) is 10.1 Å². The van der Waals surface area contributed by atoms with E-state index in [0.717, 1.165) is 11.1 Å². The molecule has 164 valence electrons. The quantitative estimate of drug-likeness (QED) is 0.158. The number of nitro benzene ring substituents is 1. The van der Waals surface area contributed by atoms with E-state index in [-0.39, 0.29) is 5.69 Å². The summed E-state index contributed by atoms with van der Waals surface area (Å²) in [6, 6.07) is 23.3. The van der Waals surface area contributed by atoms with Crippen molar-refractivity contribution in [3.63, 3.8) is 0 Å². The Bertz CT molecular complexity index is 1060. The van der Waals surface area contributed by atoms with E-state index >= 15 is 0 Å². The third-order valence-electron chi connectivity index (χ3n) is 4.20. The molecule has 3 aromatic carbocycles. The van der Waals surface area contributed by atoms with Gasteiger partial charge >= 0.3 is 0 Å². The molecule has 8 nitrogen and oxygen atoms in total. The number of rotatable bonds is 10. The van der Waals surface area contributed by atoms with Crippen LogP contribution < -0.4 is 20.2 Å². The molecule has 0 saturated heterocycles. The van der Waals surface area contributed by atoms with Gasteiger partial charge in [0.25, 0.3) is 5.69 Å². The number of ether oxygens (including phenoxy) is 2. The fourth-order valence-corrected chi connectivity index (χ4v) is 2.78. The van der Waals surface area contributed by atoms with E-state index in [4.69, 9.17) is 21.7 Å². The smallest absolute Gasteiger partial charge is 0.269 e. The lowest BCUT2D eigenvalue weighted by molar-refractivity contribution is -0.384. The molecule has 3 aromatic rings. The molecule has 0 amide bonds. The lowest BCUT2D eigenvalue weighted by Crippen LogP contribution is -2.31. The van der Waals surface area contributed by atoms with Gasteiger partial charge in [-0.3, -0.25) is 15.5 Å². The van der Waals surface area contributed by atoms with Crippen LogP contribution in [0.4, 0.5) is 5.69 Å². The van der Waals surface area contributed by atoms with Crippen LogP contribution >= 0.6 is 12.2 Å². The second-order valence-corrected chi connectivity index (χ2v) is 6.97. The summed E-state index contributed by atoms with van der Waals surface area (Å²) in [6.45, 7) is 1.25. The molecule has 0 unspecified atom stereocenters. The Kier molecular flexibility index (Phi) is 8.52. The number of nitro groups is 1. The standard InChI is InChI=1S/C23H22N4O4S/c28-27(29)20-9-11-21(12-10-20)30-13-14-31-22-8-4-7-19(15-22)17-25-26-23(32)24-16-18-5-2-1-3-6-18/h1-12,15,17H,13-14,16H2,(H2,24,26,32)/b25-17+. The van der Waals surface area contributed by atoms with Crippen molar-refractivity contribution in [2.45, 2.75) is 6.54 Å². The Balaban J connectivity index is 1.38. The van der Waals surface area contributed by atoms with Crippen molar-refractivity contribution in [2.24, 2.45) is 5.10 Å². The number of thiocarbonyl (C=S) groups is 1. The van der Waals surface area contributed by atoms with Crippen molar-refractivity contribution in [1.82, 2.24) is 10.7 Å². The molecule has 0 saturated carbocycles. The molecule has 32 heavy (non-hydrogen) atoms. The average Bonchev–Trinajstić information content (AvgIpc) is 2.82. The van der Waals surface area contributed by atoms with E-state index in [1.165, 1.54) is 12.1 Å². The zero-order chi connectivity index (χ0) is 22.6. The Morgan fingerprint density at radius 3 is 2.41 bits per heavy atom. The molecule has 0 aromatic heterocycles. The van der Waals surface area contributed by atoms with Crippen LogP contribution in [0.25, 0.3) is 0 Å². The Hall–Kier alpha value is -3.98. The van der Waals surface area contributed by atoms with Gasteiger partial charge in [-0.15, -0.1) is 0 Å². The highest BCUT2D eigenvalue weighted by Crippen LogP contribution is 2.17. The van der Waals surface area contributed by atoms with Gasteiger partial charge in [-0.1, -0.05) is 42.5 Å². The normalized spacial score (nSPS) is 10.5. The van der Waals surface area contributed by atoms with E-state index in [2.05, 4.69) is 15.8 Å². The number of benzene rings is 3. The maximum Gasteiger partial charge on any atom is 0.269 e. The molecule has 0 bridgehead atoms. The molecule has 0 atom stereocenters. The Labute approximate surface area is 191 Å². The van der Waals surface area contributed by atoms with Crippen molar-refractivity contribution >= 4 is 29.2 Å². The van der Waals surface area contributed by atoms with Crippen molar-refractivity contribution in [3.05, 3.63) is 100 Å². The number of hydrogen-bond acceptors (Lipinski definition) is 6. The van der Waals surface area contributed by atoms with E-state index in [1.54, 1.807) is 18.3 Å². The predicted molar refractivity (Wildman–Crippen MR) is 127 cm³/mol. The summed E-state index contributed by atoms with van der Waals surface area (Å²) in [7, 11) is 0. The summed E-state index contributed by atoms with van der Waals surface area (Å²) in [5, 5.41) is 18.3. The first-order chi connectivity index (χ1) is 15.6. The van der Waals surface area contributed by atoms with E-state index in [0.29, 0.717) is 36.4 Å². The van der Waals surface area contributed by atoms with Crippen molar-refractivity contribution < 1.29 is 14.4 Å². The van der Waals surface area contributed by atoms with Crippen LogP contribution in [0.2, 0.25) is 0 Å². The van der Waals surface area contributed by atoms with Crippen LogP contribution in [0.15, 0.2) is 84.0 Å². The highest BCUT2D eigenvalue weighted by molar-refractivity contribution is 7.80. The molecule has 0 radical (unpaired) electrons. The maximum absolute atomic E-state index is 10.7. The highest BCUT2D eigenvalue weighted by atomic mass is 32.1. The van der Waals surface area contributed by atoms with Crippen molar-refractivity contribution in [2.75, 3.05) is 13.2 Å². The molecular weight excluding hydrogens is 428 g/mol. The summed E-state index contributed by atoms with van der Waals surface area (Å²) in [5.74, 6) is 1.22. The van der Waals surface area contributed by atoms with Crippen molar-refractivity contribution in [1.29, 1.82) is 0 Å². The first-order valence-electron chi connectivity index (χ1n) is 9.81. The van der Waals surface area contributed by atoms with Crippen LogP contribution in [0.1, 0.15) is 11.1 Å². The number of non-ortho nitro benzene ring substituents is 1. The molecule has 9 heteroatoms. The van der Waals surface area contributed by atoms with Crippen LogP contribution in [-0.4, -0.2) is 29.5 Å². The molecular formula is C23H22N4O4S. The third-order valence-corrected chi connectivity index (χ3v) is 4.44. The van der Waals surface area contributed by atoms with Gasteiger partial charge in [0.1, 0.15) is 24.7 Å². The molecule has 0 aliphatic heterocycles. The van der Waals surface area contributed by atoms with E-state index in [1.807, 2.05) is 54.6 Å². The molecule has 0 aliphatic carbocycles. The van der Waals surface area contributed by atoms with Crippen molar-refractivity contribution in [3.8, 4) is 11.5 Å². The molecule has 0 spiro atoms. The fourth-order valence-electron chi connectivity index (χ4n) is 2.65. The average molecular weight is 451 g/mol. The second-order valence-electron chi connectivity index (χ2n) is 6.56. The molecule has 3 rings (SSSR count). The summed E-state index contributed by atoms with van der Waals surface area (Å²) in [6.07, 6.45) is 1.65. The van der Waals surface area contributed by atoms with Gasteiger partial charge in [-0.2, -0.15) is 5.10 Å². The van der Waals surface area contributed by atoms with Gasteiger partial charge in [-0.25, -0.2) is 0 Å². The zero-order valence-electron chi connectivity index (χ0n) is 17.1. The van der Waals surface area contributed by atoms with Crippen LogP contribution in [0, 0.1) is 10.1 Å². The molecule has 0 heterocycles. The highest BCUT2D eigenvalue weighted by Gasteiger charge is 2.04. The summed E-state index contributed by atoms with van der Waals surface area (Å²) < 4.78 is 11.2. The number of nitrogens with one attached hydrogen (secondary N) is 2. The fraction of sp³-hybridized carbons (Fsp3) is 0.130. The van der Waals surface area contributed by atoms with Crippen LogP contribution in [0.3, 0.4) is 0 Å². The van der Waals surface area contributed by atoms with Gasteiger partial charge in [0, 0.05) is 18.7 Å². The Morgan fingerprint density at radius 1 is 0.969 bits per heavy atom. The second kappa shape index (κ2) is 12.0. The zero-order valence-corrected chi connectivity index (χ0v) is 18.0. The van der Waals surface area contributed by atoms with Gasteiger partial charge in [-0.05, 0) is 47.6 Å². The first-order valence-corrected chi connectivity index (χ1v) is 10.2. The Morgan fingerprint density at radius 2 is 1.69 bits per heavy atom. The summed E-state index contributed by atoms with van der Waals surface area (Å²) in [5.41, 5.74) is 4.78. The van der Waals surface area contributed by atoms with E-state index < -0.39 is 4.92 Å². The number of nitrogens with zero attached hydrogens (tertiary/aromatic N) is 2. The monoisotopic (exact) mass is 450 g/mol. The predicted octanol–water partition coefficient (Wildman–Crippen LogP) is 4.05. The van der Waals surface area contributed by atoms with Gasteiger partial charge in [0.05, 0.1) is 11.1 Å². The topological polar surface area (TPSA) is 98.0 Å². The minimum atomic E-state index is -0.451. The van der Waals surface area contributed by atoms with Gasteiger partial charge < -0.3 is 14.8 Å². The minimum Gasteiger partial charge on any atom is -0.490 e. The first kappa shape index (κ1) is 22.7. The lowest BCUT2D eigenvalue weighted by atomic mass is 10.2.